The van der Waals surface area contributed by atoms with Crippen molar-refractivity contribution < 1.29 is 18.7 Å². The van der Waals surface area contributed by atoms with E-state index in [0.29, 0.717) is 29.4 Å². The van der Waals surface area contributed by atoms with Crippen LogP contribution in [0.3, 0.4) is 0 Å². The molecule has 1 atom stereocenters. The van der Waals surface area contributed by atoms with Crippen molar-refractivity contribution >= 4 is 5.91 Å². The van der Waals surface area contributed by atoms with Crippen molar-refractivity contribution in [3.8, 4) is 11.5 Å². The quantitative estimate of drug-likeness (QED) is 0.762. The molecule has 2 saturated heterocycles. The molecule has 1 amide bonds. The number of nitrogens with zero attached hydrogens (tertiary/aromatic N) is 3. The van der Waals surface area contributed by atoms with E-state index in [0.717, 1.165) is 25.4 Å². The molecule has 0 aliphatic carbocycles. The summed E-state index contributed by atoms with van der Waals surface area (Å²) < 4.78 is 16.2. The van der Waals surface area contributed by atoms with Gasteiger partial charge in [0.1, 0.15) is 17.8 Å². The van der Waals surface area contributed by atoms with Crippen LogP contribution in [-0.4, -0.2) is 59.5 Å². The molecule has 1 aromatic heterocycles. The highest BCUT2D eigenvalue weighted by Gasteiger charge is 2.38. The Balaban J connectivity index is 1.27. The Hall–Kier alpha value is -2.54. The van der Waals surface area contributed by atoms with Gasteiger partial charge in [0.2, 0.25) is 5.89 Å². The second kappa shape index (κ2) is 8.22. The molecule has 1 aromatic carbocycles. The first kappa shape index (κ1) is 18.8. The molecule has 3 heterocycles. The van der Waals surface area contributed by atoms with Gasteiger partial charge in [0, 0.05) is 25.2 Å². The number of likely N-dealkylation sites (tertiary alicyclic amines) is 2. The van der Waals surface area contributed by atoms with Crippen LogP contribution in [0.15, 0.2) is 34.9 Å². The Morgan fingerprint density at radius 3 is 2.68 bits per heavy atom. The van der Waals surface area contributed by atoms with Crippen LogP contribution < -0.4 is 9.47 Å². The molecule has 4 rings (SSSR count). The highest BCUT2D eigenvalue weighted by Crippen LogP contribution is 2.25. The van der Waals surface area contributed by atoms with E-state index in [1.54, 1.807) is 7.11 Å². The van der Waals surface area contributed by atoms with E-state index < -0.39 is 0 Å². The van der Waals surface area contributed by atoms with E-state index in [1.165, 1.54) is 25.5 Å². The number of hydrogen-bond donors (Lipinski definition) is 0. The zero-order valence-corrected chi connectivity index (χ0v) is 16.5. The number of hydrogen-bond acceptors (Lipinski definition) is 6. The minimum atomic E-state index is -0.0691. The molecule has 28 heavy (non-hydrogen) atoms. The Morgan fingerprint density at radius 2 is 1.96 bits per heavy atom. The lowest BCUT2D eigenvalue weighted by Gasteiger charge is -2.49. The number of oxazole rings is 1. The molecule has 0 spiro atoms. The van der Waals surface area contributed by atoms with E-state index in [4.69, 9.17) is 13.9 Å². The molecule has 0 saturated carbocycles. The number of carbonyl (C=O) groups is 1. The second-order valence-electron chi connectivity index (χ2n) is 7.54. The summed E-state index contributed by atoms with van der Waals surface area (Å²) in [7, 11) is 1.62. The van der Waals surface area contributed by atoms with Gasteiger partial charge >= 0.3 is 0 Å². The van der Waals surface area contributed by atoms with Crippen LogP contribution in [0.5, 0.6) is 11.5 Å². The molecule has 2 fully saturated rings. The van der Waals surface area contributed by atoms with Crippen molar-refractivity contribution in [3.63, 3.8) is 0 Å². The summed E-state index contributed by atoms with van der Waals surface area (Å²) in [6.07, 6.45) is 5.25. The first-order valence-electron chi connectivity index (χ1n) is 9.90. The molecule has 0 bridgehead atoms. The average Bonchev–Trinajstić information content (AvgIpc) is 3.16. The third-order valence-corrected chi connectivity index (χ3v) is 5.67. The number of benzene rings is 1. The van der Waals surface area contributed by atoms with E-state index in [1.807, 2.05) is 29.2 Å². The third-order valence-electron chi connectivity index (χ3n) is 5.67. The first-order valence-corrected chi connectivity index (χ1v) is 9.90. The number of ether oxygens (including phenoxy) is 2. The van der Waals surface area contributed by atoms with E-state index >= 15 is 0 Å². The second-order valence-corrected chi connectivity index (χ2v) is 7.54. The highest BCUT2D eigenvalue weighted by atomic mass is 16.5. The van der Waals surface area contributed by atoms with Gasteiger partial charge in [0.15, 0.2) is 12.3 Å². The van der Waals surface area contributed by atoms with Crippen molar-refractivity contribution in [2.45, 2.75) is 44.9 Å². The van der Waals surface area contributed by atoms with E-state index in [9.17, 15) is 4.79 Å². The van der Waals surface area contributed by atoms with Crippen molar-refractivity contribution in [3.05, 3.63) is 42.1 Å². The lowest BCUT2D eigenvalue weighted by atomic mass is 9.97. The highest BCUT2D eigenvalue weighted by molar-refractivity contribution is 5.92. The van der Waals surface area contributed by atoms with E-state index in [-0.39, 0.29) is 12.5 Å². The smallest absolute Gasteiger partial charge is 0.275 e. The molecule has 0 unspecified atom stereocenters. The Kier molecular flexibility index (Phi) is 5.52. The lowest BCUT2D eigenvalue weighted by Crippen LogP contribution is -2.63. The van der Waals surface area contributed by atoms with Crippen LogP contribution in [0.2, 0.25) is 0 Å². The number of rotatable bonds is 6. The van der Waals surface area contributed by atoms with Crippen LogP contribution in [0.1, 0.15) is 42.6 Å². The topological polar surface area (TPSA) is 68.0 Å². The molecule has 0 N–H and O–H groups in total. The predicted molar refractivity (Wildman–Crippen MR) is 104 cm³/mol. The van der Waals surface area contributed by atoms with E-state index in [2.05, 4.69) is 16.8 Å². The fourth-order valence-corrected chi connectivity index (χ4v) is 3.95. The summed E-state index contributed by atoms with van der Waals surface area (Å²) in [5.41, 5.74) is 0.346. The zero-order valence-electron chi connectivity index (χ0n) is 16.5. The molecule has 150 valence electrons. The van der Waals surface area contributed by atoms with Gasteiger partial charge in [-0.3, -0.25) is 9.69 Å². The lowest BCUT2D eigenvalue weighted by molar-refractivity contribution is 0.00180. The molecule has 2 aliphatic heterocycles. The van der Waals surface area contributed by atoms with Gasteiger partial charge in [0.05, 0.1) is 7.11 Å². The van der Waals surface area contributed by atoms with Crippen molar-refractivity contribution in [2.24, 2.45) is 0 Å². The van der Waals surface area contributed by atoms with Gasteiger partial charge in [-0.25, -0.2) is 4.98 Å². The van der Waals surface area contributed by atoms with Crippen molar-refractivity contribution in [2.75, 3.05) is 26.7 Å². The SMILES string of the molecule is COc1ccc(OCc2nc(C(=O)N3CC(N4CCCC[C@@H]4C)C3)co2)cc1. The fraction of sp³-hybridized carbons (Fsp3) is 0.524. The molecule has 0 radical (unpaired) electrons. The maximum Gasteiger partial charge on any atom is 0.275 e. The van der Waals surface area contributed by atoms with Gasteiger partial charge in [0.25, 0.3) is 5.91 Å². The summed E-state index contributed by atoms with van der Waals surface area (Å²) in [6, 6.07) is 8.37. The normalized spacial score (nSPS) is 20.6. The molecule has 2 aromatic rings. The number of amides is 1. The van der Waals surface area contributed by atoms with Crippen LogP contribution in [0, 0.1) is 0 Å². The molecule has 7 heteroatoms. The third kappa shape index (κ3) is 3.99. The van der Waals surface area contributed by atoms with Gasteiger partial charge in [-0.05, 0) is 50.6 Å². The van der Waals surface area contributed by atoms with Crippen molar-refractivity contribution in [1.82, 2.24) is 14.8 Å². The Bertz CT molecular complexity index is 798. The largest absolute Gasteiger partial charge is 0.497 e. The number of piperidine rings is 1. The fourth-order valence-electron chi connectivity index (χ4n) is 3.95. The van der Waals surface area contributed by atoms with Gasteiger partial charge in [-0.1, -0.05) is 6.42 Å². The minimum absolute atomic E-state index is 0.0691. The predicted octanol–water partition coefficient (Wildman–Crippen LogP) is 2.96. The monoisotopic (exact) mass is 385 g/mol. The average molecular weight is 385 g/mol. The van der Waals surface area contributed by atoms with Crippen LogP contribution >= 0.6 is 0 Å². The molecular weight excluding hydrogens is 358 g/mol. The van der Waals surface area contributed by atoms with Crippen molar-refractivity contribution in [1.29, 1.82) is 0 Å². The number of aromatic nitrogens is 1. The minimum Gasteiger partial charge on any atom is -0.497 e. The van der Waals surface area contributed by atoms with Crippen LogP contribution in [0.4, 0.5) is 0 Å². The molecule has 2 aliphatic rings. The summed E-state index contributed by atoms with van der Waals surface area (Å²) in [5.74, 6) is 1.78. The van der Waals surface area contributed by atoms with Gasteiger partial charge < -0.3 is 18.8 Å². The summed E-state index contributed by atoms with van der Waals surface area (Å²) >= 11 is 0. The van der Waals surface area contributed by atoms with Crippen LogP contribution in [0.25, 0.3) is 0 Å². The van der Waals surface area contributed by atoms with Crippen LogP contribution in [-0.2, 0) is 6.61 Å². The molecule has 7 nitrogen and oxygen atoms in total. The van der Waals surface area contributed by atoms with Gasteiger partial charge in [-0.2, -0.15) is 0 Å². The standard InChI is InChI=1S/C21H27N3O4/c1-15-5-3-4-10-24(15)16-11-23(12-16)21(25)19-13-28-20(22-19)14-27-18-8-6-17(26-2)7-9-18/h6-9,13,15-16H,3-5,10-12,14H2,1-2H3/t15-/m0/s1. The Labute approximate surface area is 165 Å². The summed E-state index contributed by atoms with van der Waals surface area (Å²) in [6.45, 7) is 5.15. The Morgan fingerprint density at radius 1 is 1.21 bits per heavy atom. The maximum atomic E-state index is 12.6. The first-order chi connectivity index (χ1) is 13.6. The number of carbonyl (C=O) groups excluding carboxylic acids is 1. The maximum absolute atomic E-state index is 12.6. The summed E-state index contributed by atoms with van der Waals surface area (Å²) in [5, 5.41) is 0. The van der Waals surface area contributed by atoms with Gasteiger partial charge in [-0.15, -0.1) is 0 Å². The summed E-state index contributed by atoms with van der Waals surface area (Å²) in [4.78, 5) is 21.3. The zero-order chi connectivity index (χ0) is 19.5. The molecular formula is C21H27N3O4. The number of methoxy groups -OCH3 is 1.